The number of amides is 1. The maximum atomic E-state index is 12.0. The summed E-state index contributed by atoms with van der Waals surface area (Å²) in [4.78, 5) is 15.9. The van der Waals surface area contributed by atoms with Gasteiger partial charge >= 0.3 is 0 Å². The van der Waals surface area contributed by atoms with Crippen molar-refractivity contribution in [1.29, 1.82) is 0 Å². The number of carbonyl (C=O) groups excluding carboxylic acids is 1. The maximum absolute atomic E-state index is 12.0. The predicted molar refractivity (Wildman–Crippen MR) is 97.3 cm³/mol. The molecule has 0 bridgehead atoms. The van der Waals surface area contributed by atoms with Crippen molar-refractivity contribution in [3.8, 4) is 0 Å². The molecule has 1 aromatic carbocycles. The number of hydrogen-bond donors (Lipinski definition) is 3. The molecule has 134 valence electrons. The van der Waals surface area contributed by atoms with Crippen LogP contribution in [0.25, 0.3) is 0 Å². The largest absolute Gasteiger partial charge is 0.352 e. The second-order valence-electron chi connectivity index (χ2n) is 5.52. The van der Waals surface area contributed by atoms with E-state index >= 15 is 0 Å². The van der Waals surface area contributed by atoms with Gasteiger partial charge in [0.2, 0.25) is 5.91 Å². The van der Waals surface area contributed by atoms with Crippen LogP contribution in [0.4, 0.5) is 5.82 Å². The highest BCUT2D eigenvalue weighted by atomic mass is 35.5. The summed E-state index contributed by atoms with van der Waals surface area (Å²) in [7, 11) is -3.93. The Labute approximate surface area is 151 Å². The first-order valence-electron chi connectivity index (χ1n) is 7.51. The number of aromatic nitrogens is 1. The molecule has 0 aliphatic carbocycles. The average molecular weight is 383 g/mol. The van der Waals surface area contributed by atoms with Gasteiger partial charge in [0, 0.05) is 29.7 Å². The molecule has 4 N–H and O–H groups in total. The molecule has 0 saturated heterocycles. The number of benzene rings is 1. The van der Waals surface area contributed by atoms with Gasteiger partial charge in [0.1, 0.15) is 5.82 Å². The van der Waals surface area contributed by atoms with Gasteiger partial charge in [-0.15, -0.1) is 0 Å². The van der Waals surface area contributed by atoms with E-state index in [9.17, 15) is 13.2 Å². The van der Waals surface area contributed by atoms with Crippen molar-refractivity contribution in [2.75, 3.05) is 4.72 Å². The molecule has 0 aliphatic heterocycles. The number of nitrogens with one attached hydrogen (secondary N) is 2. The van der Waals surface area contributed by atoms with Gasteiger partial charge in [0.25, 0.3) is 10.2 Å². The van der Waals surface area contributed by atoms with Crippen LogP contribution in [0.1, 0.15) is 23.1 Å². The molecule has 2 aromatic rings. The summed E-state index contributed by atoms with van der Waals surface area (Å²) in [6.45, 7) is 2.05. The molecule has 1 amide bonds. The number of hydrogen-bond acceptors (Lipinski definition) is 4. The van der Waals surface area contributed by atoms with E-state index in [1.807, 2.05) is 25.1 Å². The number of halogens is 1. The summed E-state index contributed by atoms with van der Waals surface area (Å²) in [6.07, 6.45) is 2.28. The summed E-state index contributed by atoms with van der Waals surface area (Å²) in [5, 5.41) is 8.36. The Morgan fingerprint density at radius 1 is 1.32 bits per heavy atom. The third kappa shape index (κ3) is 6.33. The minimum atomic E-state index is -3.93. The number of carbonyl (C=O) groups is 1. The van der Waals surface area contributed by atoms with E-state index in [2.05, 4.69) is 15.0 Å². The molecular weight excluding hydrogens is 364 g/mol. The second kappa shape index (κ2) is 8.28. The number of anilines is 1. The van der Waals surface area contributed by atoms with E-state index in [1.165, 1.54) is 6.20 Å². The van der Waals surface area contributed by atoms with E-state index in [-0.39, 0.29) is 24.7 Å². The molecule has 0 atom stereocenters. The van der Waals surface area contributed by atoms with Gasteiger partial charge in [-0.1, -0.05) is 29.8 Å². The van der Waals surface area contributed by atoms with Crippen LogP contribution in [0.5, 0.6) is 0 Å². The molecule has 1 heterocycles. The van der Waals surface area contributed by atoms with Crippen LogP contribution in [0.15, 0.2) is 36.5 Å². The highest BCUT2D eigenvalue weighted by Crippen LogP contribution is 2.17. The Balaban J connectivity index is 1.91. The highest BCUT2D eigenvalue weighted by Gasteiger charge is 2.10. The summed E-state index contributed by atoms with van der Waals surface area (Å²) in [5.74, 6) is -0.0716. The first kappa shape index (κ1) is 19.2. The van der Waals surface area contributed by atoms with Crippen molar-refractivity contribution >= 4 is 33.5 Å². The molecule has 0 saturated carbocycles. The van der Waals surface area contributed by atoms with Crippen LogP contribution in [-0.2, 0) is 28.0 Å². The molecule has 7 nitrogen and oxygen atoms in total. The Kier molecular flexibility index (Phi) is 6.35. The van der Waals surface area contributed by atoms with Crippen LogP contribution in [-0.4, -0.2) is 19.3 Å². The fourth-order valence-corrected chi connectivity index (χ4v) is 2.80. The zero-order valence-corrected chi connectivity index (χ0v) is 15.2. The number of nitrogens with two attached hydrogens (primary N) is 1. The summed E-state index contributed by atoms with van der Waals surface area (Å²) in [6, 6.07) is 8.99. The normalized spacial score (nSPS) is 11.2. The Morgan fingerprint density at radius 3 is 2.76 bits per heavy atom. The van der Waals surface area contributed by atoms with E-state index in [1.54, 1.807) is 12.1 Å². The summed E-state index contributed by atoms with van der Waals surface area (Å²) < 4.78 is 24.4. The predicted octanol–water partition coefficient (Wildman–Crippen LogP) is 1.91. The van der Waals surface area contributed by atoms with Crippen molar-refractivity contribution in [3.63, 3.8) is 0 Å². The van der Waals surface area contributed by atoms with Crippen molar-refractivity contribution < 1.29 is 13.2 Å². The second-order valence-corrected chi connectivity index (χ2v) is 7.22. The molecule has 2 rings (SSSR count). The van der Waals surface area contributed by atoms with Crippen LogP contribution in [0, 0.1) is 6.92 Å². The lowest BCUT2D eigenvalue weighted by Gasteiger charge is -2.10. The fourth-order valence-electron chi connectivity index (χ4n) is 2.14. The number of aryl methyl sites for hydroxylation is 2. The molecule has 1 aromatic heterocycles. The van der Waals surface area contributed by atoms with Gasteiger partial charge in [-0.05, 0) is 36.6 Å². The molecule has 9 heteroatoms. The first-order valence-corrected chi connectivity index (χ1v) is 9.43. The van der Waals surface area contributed by atoms with Crippen LogP contribution in [0.3, 0.4) is 0 Å². The fraction of sp³-hybridized carbons (Fsp3) is 0.250. The Hall–Kier alpha value is -2.16. The van der Waals surface area contributed by atoms with Gasteiger partial charge in [-0.3, -0.25) is 9.52 Å². The molecule has 0 fully saturated rings. The van der Waals surface area contributed by atoms with Crippen molar-refractivity contribution in [1.82, 2.24) is 10.3 Å². The number of pyridine rings is 1. The van der Waals surface area contributed by atoms with Gasteiger partial charge < -0.3 is 5.32 Å². The smallest absolute Gasteiger partial charge is 0.297 e. The van der Waals surface area contributed by atoms with Gasteiger partial charge in [-0.2, -0.15) is 8.42 Å². The van der Waals surface area contributed by atoms with Crippen molar-refractivity contribution in [2.45, 2.75) is 26.3 Å². The molecule has 0 aliphatic rings. The zero-order valence-electron chi connectivity index (χ0n) is 13.6. The minimum Gasteiger partial charge on any atom is -0.352 e. The van der Waals surface area contributed by atoms with E-state index in [0.717, 1.165) is 11.1 Å². The van der Waals surface area contributed by atoms with Crippen molar-refractivity contribution in [3.05, 3.63) is 58.2 Å². The number of rotatable bonds is 7. The summed E-state index contributed by atoms with van der Waals surface area (Å²) in [5.41, 5.74) is 2.48. The maximum Gasteiger partial charge on any atom is 0.297 e. The standard InChI is InChI=1S/C16H19ClN4O3S/c1-11-4-5-12(9-14(11)17)6-7-15(22)20-10-13-3-2-8-19-16(13)21-25(18,23)24/h2-5,8-9H,6-7,10H2,1H3,(H,19,21)(H,20,22)(H2,18,23,24). The SMILES string of the molecule is Cc1ccc(CCC(=O)NCc2cccnc2NS(N)(=O)=O)cc1Cl. The van der Waals surface area contributed by atoms with E-state index in [0.29, 0.717) is 17.0 Å². The van der Waals surface area contributed by atoms with Crippen molar-refractivity contribution in [2.24, 2.45) is 5.14 Å². The quantitative estimate of drug-likeness (QED) is 0.678. The molecule has 25 heavy (non-hydrogen) atoms. The summed E-state index contributed by atoms with van der Waals surface area (Å²) >= 11 is 6.07. The first-order chi connectivity index (χ1) is 11.7. The van der Waals surface area contributed by atoms with Gasteiger partial charge in [0.15, 0.2) is 0 Å². The third-order valence-electron chi connectivity index (χ3n) is 3.48. The Bertz CT molecular complexity index is 871. The zero-order chi connectivity index (χ0) is 18.4. The van der Waals surface area contributed by atoms with Gasteiger partial charge in [0.05, 0.1) is 0 Å². The van der Waals surface area contributed by atoms with Crippen LogP contribution in [0.2, 0.25) is 5.02 Å². The molecular formula is C16H19ClN4O3S. The third-order valence-corrected chi connectivity index (χ3v) is 4.37. The minimum absolute atomic E-state index is 0.0932. The lowest BCUT2D eigenvalue weighted by atomic mass is 10.1. The highest BCUT2D eigenvalue weighted by molar-refractivity contribution is 7.90. The van der Waals surface area contributed by atoms with E-state index in [4.69, 9.17) is 16.7 Å². The van der Waals surface area contributed by atoms with Gasteiger partial charge in [-0.25, -0.2) is 10.1 Å². The lowest BCUT2D eigenvalue weighted by Crippen LogP contribution is -2.26. The molecule has 0 radical (unpaired) electrons. The monoisotopic (exact) mass is 382 g/mol. The van der Waals surface area contributed by atoms with E-state index < -0.39 is 10.2 Å². The van der Waals surface area contributed by atoms with Crippen LogP contribution >= 0.6 is 11.6 Å². The lowest BCUT2D eigenvalue weighted by molar-refractivity contribution is -0.121. The average Bonchev–Trinajstić information content (AvgIpc) is 2.54. The molecule has 0 unspecified atom stereocenters. The number of nitrogens with zero attached hydrogens (tertiary/aromatic N) is 1. The topological polar surface area (TPSA) is 114 Å². The Morgan fingerprint density at radius 2 is 2.08 bits per heavy atom. The van der Waals surface area contributed by atoms with Crippen LogP contribution < -0.4 is 15.2 Å². The molecule has 0 spiro atoms.